The van der Waals surface area contributed by atoms with Crippen LogP contribution in [0.3, 0.4) is 0 Å². The van der Waals surface area contributed by atoms with Crippen LogP contribution in [0.2, 0.25) is 0 Å². The molecule has 0 atom stereocenters. The zero-order chi connectivity index (χ0) is 21.3. The molecule has 1 aromatic heterocycles. The minimum Gasteiger partial charge on any atom is -0.462 e. The normalized spacial score (nSPS) is 15.0. The first kappa shape index (κ1) is 21.9. The molecule has 1 amide bonds. The van der Waals surface area contributed by atoms with Gasteiger partial charge in [0.15, 0.2) is 0 Å². The van der Waals surface area contributed by atoms with Gasteiger partial charge in [-0.25, -0.2) is 9.78 Å². The quantitative estimate of drug-likeness (QED) is 0.672. The summed E-state index contributed by atoms with van der Waals surface area (Å²) in [5.74, 6) is -0.642. The number of aryl methyl sites for hydroxylation is 1. The van der Waals surface area contributed by atoms with E-state index in [0.29, 0.717) is 30.1 Å². The van der Waals surface area contributed by atoms with Gasteiger partial charge in [0.05, 0.1) is 17.9 Å². The molecular weight excluding hydrogens is 380 g/mol. The number of carbonyl (C=O) groups excluding carboxylic acids is 2. The number of rotatable bonds is 8. The Kier molecular flexibility index (Phi) is 7.93. The predicted molar refractivity (Wildman–Crippen MR) is 115 cm³/mol. The van der Waals surface area contributed by atoms with Gasteiger partial charge in [-0.1, -0.05) is 30.3 Å². The van der Waals surface area contributed by atoms with Crippen LogP contribution in [0.25, 0.3) is 0 Å². The number of nitrogens with zero attached hydrogens (tertiary/aromatic N) is 3. The Hall–Kier alpha value is -2.77. The van der Waals surface area contributed by atoms with Gasteiger partial charge >= 0.3 is 5.97 Å². The van der Waals surface area contributed by atoms with Crippen LogP contribution in [-0.4, -0.2) is 72.5 Å². The number of piperazine rings is 1. The number of hydrogen-bond acceptors (Lipinski definition) is 6. The van der Waals surface area contributed by atoms with Crippen LogP contribution in [0.1, 0.15) is 39.0 Å². The molecule has 1 aliphatic heterocycles. The molecule has 1 saturated heterocycles. The summed E-state index contributed by atoms with van der Waals surface area (Å²) in [6.45, 7) is 10.2. The Morgan fingerprint density at radius 2 is 1.73 bits per heavy atom. The number of ether oxygens (including phenoxy) is 1. The third kappa shape index (κ3) is 6.11. The van der Waals surface area contributed by atoms with Gasteiger partial charge in [-0.05, 0) is 31.5 Å². The fourth-order valence-electron chi connectivity index (χ4n) is 3.54. The minimum atomic E-state index is -0.416. The lowest BCUT2D eigenvalue weighted by Crippen LogP contribution is -2.48. The van der Waals surface area contributed by atoms with E-state index < -0.39 is 5.97 Å². The van der Waals surface area contributed by atoms with Crippen molar-refractivity contribution in [1.29, 1.82) is 0 Å². The van der Waals surface area contributed by atoms with Crippen LogP contribution >= 0.6 is 0 Å². The Morgan fingerprint density at radius 1 is 1.03 bits per heavy atom. The number of nitrogens with one attached hydrogen (secondary N) is 1. The summed E-state index contributed by atoms with van der Waals surface area (Å²) in [5, 5.41) is 2.93. The van der Waals surface area contributed by atoms with E-state index in [9.17, 15) is 9.59 Å². The van der Waals surface area contributed by atoms with Crippen molar-refractivity contribution in [3.63, 3.8) is 0 Å². The minimum absolute atomic E-state index is 0.226. The van der Waals surface area contributed by atoms with Gasteiger partial charge in [-0.15, -0.1) is 0 Å². The number of pyridine rings is 1. The van der Waals surface area contributed by atoms with E-state index in [-0.39, 0.29) is 5.91 Å². The maximum atomic E-state index is 12.4. The van der Waals surface area contributed by atoms with Crippen molar-refractivity contribution in [2.45, 2.75) is 20.4 Å². The largest absolute Gasteiger partial charge is 0.462 e. The summed E-state index contributed by atoms with van der Waals surface area (Å²) in [5.41, 5.74) is 2.54. The summed E-state index contributed by atoms with van der Waals surface area (Å²) < 4.78 is 4.99. The Balaban J connectivity index is 1.40. The van der Waals surface area contributed by atoms with Crippen LogP contribution in [0.4, 0.5) is 0 Å². The highest BCUT2D eigenvalue weighted by Gasteiger charge is 2.18. The highest BCUT2D eigenvalue weighted by Crippen LogP contribution is 2.10. The second-order valence-electron chi connectivity index (χ2n) is 7.41. The summed E-state index contributed by atoms with van der Waals surface area (Å²) in [6, 6.07) is 13.7. The van der Waals surface area contributed by atoms with E-state index >= 15 is 0 Å². The summed E-state index contributed by atoms with van der Waals surface area (Å²) in [7, 11) is 0. The van der Waals surface area contributed by atoms with Crippen molar-refractivity contribution in [1.82, 2.24) is 20.1 Å². The fraction of sp³-hybridized carbons (Fsp3) is 0.435. The van der Waals surface area contributed by atoms with Crippen molar-refractivity contribution in [2.75, 3.05) is 45.9 Å². The van der Waals surface area contributed by atoms with Crippen LogP contribution in [0.15, 0.2) is 42.5 Å². The van der Waals surface area contributed by atoms with E-state index in [1.165, 1.54) is 5.56 Å². The maximum Gasteiger partial charge on any atom is 0.339 e. The molecule has 0 radical (unpaired) electrons. The maximum absolute atomic E-state index is 12.4. The second-order valence-corrected chi connectivity index (χ2v) is 7.41. The lowest BCUT2D eigenvalue weighted by atomic mass is 10.2. The number of esters is 1. The molecular formula is C23H30N4O3. The molecule has 0 saturated carbocycles. The van der Waals surface area contributed by atoms with Crippen LogP contribution in [0, 0.1) is 6.92 Å². The zero-order valence-electron chi connectivity index (χ0n) is 17.8. The molecule has 3 rings (SSSR count). The van der Waals surface area contributed by atoms with Gasteiger partial charge in [-0.3, -0.25) is 14.6 Å². The molecule has 0 aliphatic carbocycles. The topological polar surface area (TPSA) is 74.8 Å². The number of aromatic nitrogens is 1. The average molecular weight is 411 g/mol. The molecule has 1 N–H and O–H groups in total. The first-order valence-corrected chi connectivity index (χ1v) is 10.5. The number of hydrogen-bond donors (Lipinski definition) is 1. The van der Waals surface area contributed by atoms with Crippen LogP contribution < -0.4 is 5.32 Å². The Labute approximate surface area is 178 Å². The molecule has 1 aromatic carbocycles. The molecule has 1 fully saturated rings. The lowest BCUT2D eigenvalue weighted by Gasteiger charge is -2.34. The van der Waals surface area contributed by atoms with E-state index in [0.717, 1.165) is 39.3 Å². The Bertz CT molecular complexity index is 849. The van der Waals surface area contributed by atoms with Gasteiger partial charge < -0.3 is 10.1 Å². The molecule has 0 unspecified atom stereocenters. The van der Waals surface area contributed by atoms with Crippen molar-refractivity contribution >= 4 is 11.9 Å². The number of amides is 1. The van der Waals surface area contributed by atoms with Crippen LogP contribution in [-0.2, 0) is 11.3 Å². The van der Waals surface area contributed by atoms with Gasteiger partial charge in [0.25, 0.3) is 5.91 Å². The van der Waals surface area contributed by atoms with Crippen molar-refractivity contribution in [3.8, 4) is 0 Å². The van der Waals surface area contributed by atoms with E-state index in [1.807, 2.05) is 6.07 Å². The molecule has 2 aromatic rings. The monoisotopic (exact) mass is 410 g/mol. The molecule has 0 spiro atoms. The zero-order valence-corrected chi connectivity index (χ0v) is 17.8. The smallest absolute Gasteiger partial charge is 0.339 e. The third-order valence-electron chi connectivity index (χ3n) is 5.24. The highest BCUT2D eigenvalue weighted by molar-refractivity contribution is 5.95. The summed E-state index contributed by atoms with van der Waals surface area (Å²) >= 11 is 0. The molecule has 160 valence electrons. The molecule has 2 heterocycles. The Morgan fingerprint density at radius 3 is 2.40 bits per heavy atom. The van der Waals surface area contributed by atoms with Gasteiger partial charge in [0.2, 0.25) is 0 Å². The molecule has 30 heavy (non-hydrogen) atoms. The highest BCUT2D eigenvalue weighted by atomic mass is 16.5. The predicted octanol–water partition coefficient (Wildman–Crippen LogP) is 2.11. The first-order chi connectivity index (χ1) is 14.6. The third-order valence-corrected chi connectivity index (χ3v) is 5.24. The lowest BCUT2D eigenvalue weighted by molar-refractivity contribution is 0.0524. The van der Waals surface area contributed by atoms with E-state index in [1.54, 1.807) is 26.0 Å². The van der Waals surface area contributed by atoms with Gasteiger partial charge in [0.1, 0.15) is 5.69 Å². The van der Waals surface area contributed by atoms with E-state index in [2.05, 4.69) is 44.4 Å². The summed E-state index contributed by atoms with van der Waals surface area (Å²) in [6.07, 6.45) is 0. The molecule has 1 aliphatic rings. The molecule has 7 heteroatoms. The van der Waals surface area contributed by atoms with E-state index in [4.69, 9.17) is 4.74 Å². The van der Waals surface area contributed by atoms with Crippen molar-refractivity contribution < 1.29 is 14.3 Å². The van der Waals surface area contributed by atoms with Gasteiger partial charge in [-0.2, -0.15) is 0 Å². The average Bonchev–Trinajstić information content (AvgIpc) is 2.75. The number of carbonyl (C=O) groups is 2. The first-order valence-electron chi connectivity index (χ1n) is 10.5. The number of benzene rings is 1. The SMILES string of the molecule is CCOC(=O)c1ccc(C(=O)NCCN2CCN(Cc3ccccc3)CC2)nc1C. The van der Waals surface area contributed by atoms with Crippen LogP contribution in [0.5, 0.6) is 0 Å². The molecule has 7 nitrogen and oxygen atoms in total. The fourth-order valence-corrected chi connectivity index (χ4v) is 3.54. The van der Waals surface area contributed by atoms with Crippen molar-refractivity contribution in [2.24, 2.45) is 0 Å². The standard InChI is InChI=1S/C23H30N4O3/c1-3-30-23(29)20-9-10-21(25-18(20)2)22(28)24-11-12-26-13-15-27(16-14-26)17-19-7-5-4-6-8-19/h4-10H,3,11-17H2,1-2H3,(H,24,28). The van der Waals surface area contributed by atoms with Gasteiger partial charge in [0, 0.05) is 45.8 Å². The summed E-state index contributed by atoms with van der Waals surface area (Å²) in [4.78, 5) is 33.3. The second kappa shape index (κ2) is 10.8. The van der Waals surface area contributed by atoms with Crippen molar-refractivity contribution in [3.05, 3.63) is 65.0 Å². The molecule has 0 bridgehead atoms.